The molecule has 0 aliphatic carbocycles. The van der Waals surface area contributed by atoms with Gasteiger partial charge in [-0.2, -0.15) is 0 Å². The number of rotatable bonds is 4. The molecule has 5 nitrogen and oxygen atoms in total. The van der Waals surface area contributed by atoms with Gasteiger partial charge < -0.3 is 9.52 Å². The fraction of sp³-hybridized carbons (Fsp3) is 0.182. The van der Waals surface area contributed by atoms with Crippen LogP contribution in [0.3, 0.4) is 0 Å². The molecule has 0 unspecified atom stereocenters. The van der Waals surface area contributed by atoms with Gasteiger partial charge in [-0.25, -0.2) is 14.8 Å². The number of aryl methyl sites for hydroxylation is 1. The maximum atomic E-state index is 10.8. The van der Waals surface area contributed by atoms with Gasteiger partial charge in [0, 0.05) is 11.9 Å². The number of pyridine rings is 1. The number of hydrogen-bond donors (Lipinski definition) is 1. The number of carboxylic acid groups (broad SMARTS) is 1. The summed E-state index contributed by atoms with van der Waals surface area (Å²) in [4.78, 5) is 18.9. The fourth-order valence-corrected chi connectivity index (χ4v) is 2.14. The topological polar surface area (TPSA) is 76.2 Å². The summed E-state index contributed by atoms with van der Waals surface area (Å²) in [5.74, 6) is 0.428. The summed E-state index contributed by atoms with van der Waals surface area (Å²) in [6.45, 7) is 1.84. The van der Waals surface area contributed by atoms with Crippen molar-refractivity contribution in [3.05, 3.63) is 41.7 Å². The summed E-state index contributed by atoms with van der Waals surface area (Å²) >= 11 is 1.43. The lowest BCUT2D eigenvalue weighted by Crippen LogP contribution is -1.96. The molecule has 88 valence electrons. The average Bonchev–Trinajstić information content (AvgIpc) is 2.72. The van der Waals surface area contributed by atoms with Crippen LogP contribution in [0, 0.1) is 6.92 Å². The molecule has 2 aromatic heterocycles. The summed E-state index contributed by atoms with van der Waals surface area (Å²) in [5.41, 5.74) is 1.08. The van der Waals surface area contributed by atoms with E-state index in [4.69, 9.17) is 9.52 Å². The summed E-state index contributed by atoms with van der Waals surface area (Å²) < 4.78 is 5.08. The number of aromatic nitrogens is 2. The average molecular weight is 250 g/mol. The van der Waals surface area contributed by atoms with Crippen LogP contribution in [0.25, 0.3) is 0 Å². The number of oxazole rings is 1. The third-order valence-electron chi connectivity index (χ3n) is 2.18. The lowest BCUT2D eigenvalue weighted by atomic mass is 10.3. The number of carboxylic acids is 1. The van der Waals surface area contributed by atoms with Gasteiger partial charge in [-0.3, -0.25) is 0 Å². The molecule has 0 aliphatic rings. The SMILES string of the molecule is Cc1ocnc1CSc1cc(C(=O)O)ccn1. The highest BCUT2D eigenvalue weighted by molar-refractivity contribution is 7.98. The van der Waals surface area contributed by atoms with Gasteiger partial charge >= 0.3 is 5.97 Å². The fourth-order valence-electron chi connectivity index (χ4n) is 1.23. The highest BCUT2D eigenvalue weighted by atomic mass is 32.2. The van der Waals surface area contributed by atoms with E-state index in [2.05, 4.69) is 9.97 Å². The van der Waals surface area contributed by atoms with E-state index < -0.39 is 5.97 Å². The Bertz CT molecular complexity index is 539. The summed E-state index contributed by atoms with van der Waals surface area (Å²) in [6.07, 6.45) is 2.88. The van der Waals surface area contributed by atoms with Gasteiger partial charge in [0.25, 0.3) is 0 Å². The Morgan fingerprint density at radius 3 is 3.00 bits per heavy atom. The van der Waals surface area contributed by atoms with Crippen LogP contribution in [0.2, 0.25) is 0 Å². The van der Waals surface area contributed by atoms with Crippen molar-refractivity contribution < 1.29 is 14.3 Å². The van der Waals surface area contributed by atoms with E-state index >= 15 is 0 Å². The van der Waals surface area contributed by atoms with E-state index in [1.54, 1.807) is 6.07 Å². The largest absolute Gasteiger partial charge is 0.478 e. The van der Waals surface area contributed by atoms with Gasteiger partial charge in [0.15, 0.2) is 6.39 Å². The van der Waals surface area contributed by atoms with E-state index in [1.807, 2.05) is 6.92 Å². The van der Waals surface area contributed by atoms with Crippen LogP contribution < -0.4 is 0 Å². The zero-order valence-corrected chi connectivity index (χ0v) is 9.90. The van der Waals surface area contributed by atoms with Gasteiger partial charge in [0.05, 0.1) is 16.3 Å². The maximum Gasteiger partial charge on any atom is 0.335 e. The molecule has 0 radical (unpaired) electrons. The molecule has 0 aromatic carbocycles. The summed E-state index contributed by atoms with van der Waals surface area (Å²) in [7, 11) is 0. The van der Waals surface area contributed by atoms with E-state index in [9.17, 15) is 4.79 Å². The Labute approximate surface area is 102 Å². The van der Waals surface area contributed by atoms with Gasteiger partial charge in [-0.1, -0.05) is 11.8 Å². The molecule has 2 rings (SSSR count). The van der Waals surface area contributed by atoms with Crippen molar-refractivity contribution in [2.45, 2.75) is 17.7 Å². The molecule has 0 spiro atoms. The lowest BCUT2D eigenvalue weighted by Gasteiger charge is -2.00. The molecular weight excluding hydrogens is 240 g/mol. The Morgan fingerprint density at radius 1 is 1.53 bits per heavy atom. The molecule has 0 saturated heterocycles. The van der Waals surface area contributed by atoms with Gasteiger partial charge in [-0.05, 0) is 19.1 Å². The first-order valence-electron chi connectivity index (χ1n) is 4.88. The third-order valence-corrected chi connectivity index (χ3v) is 3.12. The highest BCUT2D eigenvalue weighted by Crippen LogP contribution is 2.22. The van der Waals surface area contributed by atoms with Crippen LogP contribution in [0.4, 0.5) is 0 Å². The molecule has 0 bridgehead atoms. The van der Waals surface area contributed by atoms with Gasteiger partial charge in [0.2, 0.25) is 0 Å². The monoisotopic (exact) mass is 250 g/mol. The molecular formula is C11H10N2O3S. The van der Waals surface area contributed by atoms with Crippen LogP contribution in [0.5, 0.6) is 0 Å². The van der Waals surface area contributed by atoms with Crippen molar-refractivity contribution in [2.24, 2.45) is 0 Å². The molecule has 1 N–H and O–H groups in total. The molecule has 0 atom stereocenters. The van der Waals surface area contributed by atoms with E-state index in [-0.39, 0.29) is 5.56 Å². The number of thioether (sulfide) groups is 1. The highest BCUT2D eigenvalue weighted by Gasteiger charge is 2.07. The Kier molecular flexibility index (Phi) is 3.43. The number of carbonyl (C=O) groups is 1. The predicted molar refractivity (Wildman–Crippen MR) is 62.0 cm³/mol. The van der Waals surface area contributed by atoms with Gasteiger partial charge in [-0.15, -0.1) is 0 Å². The minimum absolute atomic E-state index is 0.236. The molecule has 0 aliphatic heterocycles. The molecule has 2 aromatic rings. The Balaban J connectivity index is 2.07. The van der Waals surface area contributed by atoms with Crippen molar-refractivity contribution in [3.8, 4) is 0 Å². The van der Waals surface area contributed by atoms with Crippen molar-refractivity contribution in [1.29, 1.82) is 0 Å². The van der Waals surface area contributed by atoms with Crippen molar-refractivity contribution in [2.75, 3.05) is 0 Å². The number of aromatic carboxylic acids is 1. The van der Waals surface area contributed by atoms with Gasteiger partial charge in [0.1, 0.15) is 5.76 Å². The van der Waals surface area contributed by atoms with Crippen LogP contribution in [0.15, 0.2) is 34.2 Å². The zero-order valence-electron chi connectivity index (χ0n) is 9.08. The first kappa shape index (κ1) is 11.7. The Morgan fingerprint density at radius 2 is 2.35 bits per heavy atom. The van der Waals surface area contributed by atoms with Crippen molar-refractivity contribution in [1.82, 2.24) is 9.97 Å². The second-order valence-electron chi connectivity index (χ2n) is 3.33. The summed E-state index contributed by atoms with van der Waals surface area (Å²) in [6, 6.07) is 3.01. The maximum absolute atomic E-state index is 10.8. The van der Waals surface area contributed by atoms with Crippen LogP contribution in [-0.2, 0) is 5.75 Å². The molecule has 0 saturated carbocycles. The van der Waals surface area contributed by atoms with Crippen LogP contribution in [0.1, 0.15) is 21.8 Å². The Hall–Kier alpha value is -1.82. The number of nitrogens with zero attached hydrogens (tertiary/aromatic N) is 2. The zero-order chi connectivity index (χ0) is 12.3. The minimum Gasteiger partial charge on any atom is -0.478 e. The second-order valence-corrected chi connectivity index (χ2v) is 4.33. The first-order chi connectivity index (χ1) is 8.16. The van der Waals surface area contributed by atoms with E-state index in [1.165, 1.54) is 30.4 Å². The van der Waals surface area contributed by atoms with Crippen molar-refractivity contribution in [3.63, 3.8) is 0 Å². The number of hydrogen-bond acceptors (Lipinski definition) is 5. The third kappa shape index (κ3) is 2.85. The summed E-state index contributed by atoms with van der Waals surface area (Å²) in [5, 5.41) is 9.50. The normalized spacial score (nSPS) is 10.4. The van der Waals surface area contributed by atoms with Crippen molar-refractivity contribution >= 4 is 17.7 Å². The second kappa shape index (κ2) is 5.01. The molecule has 0 fully saturated rings. The van der Waals surface area contributed by atoms with Crippen LogP contribution in [-0.4, -0.2) is 21.0 Å². The molecule has 6 heteroatoms. The predicted octanol–water partition coefficient (Wildman–Crippen LogP) is 2.37. The van der Waals surface area contributed by atoms with E-state index in [0.717, 1.165) is 11.5 Å². The van der Waals surface area contributed by atoms with E-state index in [0.29, 0.717) is 10.8 Å². The quantitative estimate of drug-likeness (QED) is 0.839. The molecule has 2 heterocycles. The first-order valence-corrected chi connectivity index (χ1v) is 5.86. The lowest BCUT2D eigenvalue weighted by molar-refractivity contribution is 0.0696. The van der Waals surface area contributed by atoms with Crippen LogP contribution >= 0.6 is 11.8 Å². The molecule has 17 heavy (non-hydrogen) atoms. The smallest absolute Gasteiger partial charge is 0.335 e. The minimum atomic E-state index is -0.952. The molecule has 0 amide bonds. The standard InChI is InChI=1S/C11H10N2O3S/c1-7-9(13-6-16-7)5-17-10-4-8(11(14)15)2-3-12-10/h2-4,6H,5H2,1H3,(H,14,15).